The summed E-state index contributed by atoms with van der Waals surface area (Å²) in [5.41, 5.74) is 0. The minimum Gasteiger partial charge on any atom is -0.387 e. The molecule has 0 saturated carbocycles. The molecule has 24 unspecified atom stereocenters. The Morgan fingerprint density at radius 2 is 0.239 bits per heavy atom. The molecule has 30 saturated heterocycles. The maximum atomic E-state index is 11.7. The van der Waals surface area contributed by atoms with Gasteiger partial charge in [-0.05, 0) is 0 Å². The van der Waals surface area contributed by atoms with Gasteiger partial charge in [-0.1, -0.05) is 181 Å². The van der Waals surface area contributed by atoms with Gasteiger partial charge in [0, 0.05) is 35.4 Å². The number of hydrogen-bond acceptors (Lipinski definition) is 32. The van der Waals surface area contributed by atoms with Gasteiger partial charge in [-0.15, -0.1) is 0 Å². The van der Waals surface area contributed by atoms with Crippen molar-refractivity contribution < 1.29 is 157 Å². The lowest BCUT2D eigenvalue weighted by atomic mass is 9.95. The first-order valence-electron chi connectivity index (χ1n) is 27.7. The van der Waals surface area contributed by atoms with Crippen LogP contribution in [0.3, 0.4) is 0 Å². The molecule has 30 fully saturated rings. The summed E-state index contributed by atoms with van der Waals surface area (Å²) in [7, 11) is 0. The molecular weight excluding hydrogens is 2100 g/mol. The molecule has 88 heavy (non-hydrogen) atoms. The van der Waals surface area contributed by atoms with Gasteiger partial charge in [0.1, 0.15) is 146 Å². The molecule has 30 aliphatic rings. The normalized spacial score (nSPS) is 55.4. The SMILES string of the molecule is OC1C(O)[C@@H]2O[C@H]3OC(CI)[C@@H](O[C@H]4OC(CI)[C@@H](O[C@H]5OC(CI)[C@@H](O[C@H]6OC(CI)[C@@H](O[C@H]7OC(CI)[C@@H](O[C@H]8OC(CI)[C@@H](O[C@H]9OC(CI)[C@@H](O[C@H]1OC2CI)C(O)C9O)C(O)C8O)C(O)C7O)C(O)C6O)C(O)C5O)C(O)C4O)C(O)C3O. The third kappa shape index (κ3) is 16.1. The van der Waals surface area contributed by atoms with Crippen molar-refractivity contribution in [3.8, 4) is 0 Å². The Hall–Kier alpha value is 4.56. The highest BCUT2D eigenvalue weighted by Gasteiger charge is 2.60. The number of aliphatic hydroxyl groups is 16. The fourth-order valence-electron chi connectivity index (χ4n) is 11.7. The summed E-state index contributed by atoms with van der Waals surface area (Å²) in [4.78, 5) is 0. The summed E-state index contributed by atoms with van der Waals surface area (Å²) in [6.07, 6.45) is -64.9. The zero-order chi connectivity index (χ0) is 64.1. The van der Waals surface area contributed by atoms with Crippen molar-refractivity contribution in [2.45, 2.75) is 246 Å². The molecule has 16 bridgehead atoms. The van der Waals surface area contributed by atoms with Crippen molar-refractivity contribution in [1.29, 1.82) is 0 Å². The van der Waals surface area contributed by atoms with Crippen molar-refractivity contribution in [2.24, 2.45) is 0 Å². The first-order chi connectivity index (χ1) is 41.9. The average Bonchev–Trinajstić information content (AvgIpc) is 1.33. The second-order valence-corrected chi connectivity index (χ2v) is 29.3. The van der Waals surface area contributed by atoms with E-state index >= 15 is 0 Å². The third-order valence-electron chi connectivity index (χ3n) is 16.7. The lowest BCUT2D eigenvalue weighted by Gasteiger charge is -2.51. The molecule has 30 aliphatic heterocycles. The standard InChI is InChI=1S/C48H72I8O32/c49-1-9-33-17(57)25(65)41(73-9)82-34-10(2-50)75-43(27(67)19(34)59)84-36-12(4-52)77-45(29(69)21(36)61)86-38-14(6-54)79-47(31(71)23(38)63)88-40-16(8-56)80-48(32(72)24(40)64)87-39-15(7-55)78-46(30(70)22(39)62)85-37-13(5-53)76-44(28(68)20(37)60)83-35-11(3-51)74-42(81-33)26(66)18(35)58/h9-48,57-72H,1-8H2/t9?,10?,11?,12?,13?,14?,15?,16?,17?,18?,19?,20?,21?,22?,23?,24?,25?,26?,27?,28?,29?,30?,31?,32?,33-,34-,35-,36-,37-,38-,39-,40-,41-,42-,43-,44-,45-,46-,47-,48-/m1/s1. The maximum absolute atomic E-state index is 11.7. The number of halogens is 8. The van der Waals surface area contributed by atoms with Gasteiger partial charge in [0.25, 0.3) is 0 Å². The molecule has 30 rings (SSSR count). The van der Waals surface area contributed by atoms with Gasteiger partial charge in [0.2, 0.25) is 0 Å². The first kappa shape index (κ1) is 76.7. The smallest absolute Gasteiger partial charge is 0.187 e. The number of alkyl halides is 8. The zero-order valence-corrected chi connectivity index (χ0v) is 62.7. The molecule has 512 valence electrons. The van der Waals surface area contributed by atoms with E-state index in [1.807, 2.05) is 181 Å². The number of aliphatic hydroxyl groups excluding tert-OH is 16. The Kier molecular flexibility index (Phi) is 29.7. The van der Waals surface area contributed by atoms with Gasteiger partial charge in [-0.3, -0.25) is 0 Å². The van der Waals surface area contributed by atoms with Crippen LogP contribution in [0.15, 0.2) is 0 Å². The fourth-order valence-corrected chi connectivity index (χ4v) is 17.4. The van der Waals surface area contributed by atoms with E-state index in [1.54, 1.807) is 0 Å². The Bertz CT molecular complexity index is 1730. The molecule has 32 nitrogen and oxygen atoms in total. The van der Waals surface area contributed by atoms with Crippen LogP contribution in [-0.4, -0.2) is 363 Å². The van der Waals surface area contributed by atoms with Crippen LogP contribution in [0.4, 0.5) is 0 Å². The monoisotopic (exact) mass is 2180 g/mol. The molecule has 0 aromatic heterocycles. The minimum atomic E-state index is -1.93. The van der Waals surface area contributed by atoms with Gasteiger partial charge < -0.3 is 157 Å². The fraction of sp³-hybridized carbons (Fsp3) is 1.00. The number of hydrogen-bond donors (Lipinski definition) is 16. The Morgan fingerprint density at radius 1 is 0.148 bits per heavy atom. The van der Waals surface area contributed by atoms with E-state index in [0.29, 0.717) is 0 Å². The molecule has 0 aromatic carbocycles. The molecule has 16 N–H and O–H groups in total. The zero-order valence-electron chi connectivity index (χ0n) is 45.5. The van der Waals surface area contributed by atoms with E-state index < -0.39 is 246 Å². The van der Waals surface area contributed by atoms with Crippen LogP contribution in [0.5, 0.6) is 0 Å². The summed E-state index contributed by atoms with van der Waals surface area (Å²) in [5.74, 6) is 0. The summed E-state index contributed by atoms with van der Waals surface area (Å²) in [5, 5.41) is 186. The van der Waals surface area contributed by atoms with E-state index in [2.05, 4.69) is 0 Å². The summed E-state index contributed by atoms with van der Waals surface area (Å²) in [6.45, 7) is 0. The minimum absolute atomic E-state index is 0.0536. The highest BCUT2D eigenvalue weighted by molar-refractivity contribution is 14.1. The molecular formula is C48H72I8O32. The Labute approximate surface area is 611 Å². The van der Waals surface area contributed by atoms with E-state index in [0.717, 1.165) is 0 Å². The van der Waals surface area contributed by atoms with Gasteiger partial charge in [0.05, 0.1) is 48.8 Å². The summed E-state index contributed by atoms with van der Waals surface area (Å²) in [6, 6.07) is 0. The van der Waals surface area contributed by atoms with Crippen molar-refractivity contribution in [2.75, 3.05) is 35.4 Å². The maximum Gasteiger partial charge on any atom is 0.187 e. The molecule has 0 radical (unpaired) electrons. The lowest BCUT2D eigenvalue weighted by molar-refractivity contribution is -0.396. The van der Waals surface area contributed by atoms with Gasteiger partial charge in [-0.25, -0.2) is 0 Å². The molecule has 40 atom stereocenters. The predicted molar refractivity (Wildman–Crippen MR) is 355 cm³/mol. The second kappa shape index (κ2) is 34.0. The van der Waals surface area contributed by atoms with Crippen LogP contribution in [0.25, 0.3) is 0 Å². The second-order valence-electron chi connectivity index (χ2n) is 22.2. The van der Waals surface area contributed by atoms with E-state index in [1.165, 1.54) is 0 Å². The van der Waals surface area contributed by atoms with E-state index in [4.69, 9.17) is 75.8 Å². The van der Waals surface area contributed by atoms with E-state index in [-0.39, 0.29) is 35.4 Å². The lowest BCUT2D eigenvalue weighted by Crippen LogP contribution is -2.68. The topological polar surface area (TPSA) is 471 Å². The third-order valence-corrected chi connectivity index (χ3v) is 23.6. The van der Waals surface area contributed by atoms with Crippen molar-refractivity contribution in [1.82, 2.24) is 0 Å². The molecule has 0 spiro atoms. The van der Waals surface area contributed by atoms with E-state index in [9.17, 15) is 81.7 Å². The predicted octanol–water partition coefficient (Wildman–Crippen LogP) is -5.86. The van der Waals surface area contributed by atoms with Crippen molar-refractivity contribution in [3.63, 3.8) is 0 Å². The van der Waals surface area contributed by atoms with Gasteiger partial charge in [-0.2, -0.15) is 0 Å². The summed E-state index contributed by atoms with van der Waals surface area (Å²) >= 11 is 15.3. The van der Waals surface area contributed by atoms with Crippen molar-refractivity contribution >= 4 is 181 Å². The molecule has 0 amide bonds. The molecule has 0 aromatic rings. The average molecular weight is 2180 g/mol. The van der Waals surface area contributed by atoms with Crippen LogP contribution in [0.2, 0.25) is 0 Å². The highest BCUT2D eigenvalue weighted by atomic mass is 127. The quantitative estimate of drug-likeness (QED) is 0.0795. The van der Waals surface area contributed by atoms with Crippen LogP contribution in [-0.2, 0) is 75.8 Å². The van der Waals surface area contributed by atoms with Gasteiger partial charge in [0.15, 0.2) is 50.3 Å². The van der Waals surface area contributed by atoms with Crippen LogP contribution in [0, 0.1) is 0 Å². The Morgan fingerprint density at radius 3 is 0.318 bits per heavy atom. The Balaban J connectivity index is 0.975. The van der Waals surface area contributed by atoms with Crippen LogP contribution >= 0.6 is 181 Å². The largest absolute Gasteiger partial charge is 0.387 e. The molecule has 0 aliphatic carbocycles. The molecule has 30 heterocycles. The van der Waals surface area contributed by atoms with Crippen LogP contribution < -0.4 is 0 Å². The first-order valence-corrected chi connectivity index (χ1v) is 39.9. The number of ether oxygens (including phenoxy) is 16. The highest BCUT2D eigenvalue weighted by Crippen LogP contribution is 2.41. The molecule has 40 heteroatoms. The van der Waals surface area contributed by atoms with Gasteiger partial charge >= 0.3 is 0 Å². The number of rotatable bonds is 8. The van der Waals surface area contributed by atoms with Crippen LogP contribution in [0.1, 0.15) is 0 Å². The summed E-state index contributed by atoms with van der Waals surface area (Å²) < 4.78 is 98.2. The van der Waals surface area contributed by atoms with Crippen molar-refractivity contribution in [3.05, 3.63) is 0 Å².